The molecule has 0 unspecified atom stereocenters. The number of rotatable bonds is 4. The minimum atomic E-state index is -4.95. The first kappa shape index (κ1) is 22.5. The van der Waals surface area contributed by atoms with Crippen molar-refractivity contribution in [2.75, 3.05) is 11.1 Å². The van der Waals surface area contributed by atoms with Gasteiger partial charge in [0.05, 0.1) is 47.2 Å². The number of halogens is 3. The first-order valence-electron chi connectivity index (χ1n) is 10.2. The molecule has 0 saturated carbocycles. The molecule has 0 fully saturated rings. The second-order valence-corrected chi connectivity index (χ2v) is 7.38. The molecule has 4 aromatic heterocycles. The zero-order valence-corrected chi connectivity index (χ0v) is 18.0. The maximum Gasteiger partial charge on any atom is 0.434 e. The van der Waals surface area contributed by atoms with Crippen LogP contribution in [0.2, 0.25) is 0 Å². The van der Waals surface area contributed by atoms with Crippen LogP contribution in [0.25, 0.3) is 22.4 Å². The number of para-hydroxylation sites is 1. The van der Waals surface area contributed by atoms with Crippen LogP contribution in [0.3, 0.4) is 0 Å². The maximum atomic E-state index is 14.2. The summed E-state index contributed by atoms with van der Waals surface area (Å²) in [5, 5.41) is 23.8. The van der Waals surface area contributed by atoms with E-state index in [1.807, 2.05) is 6.07 Å². The molecule has 4 heterocycles. The number of carbonyl (C=O) groups excluding carboxylic acids is 1. The van der Waals surface area contributed by atoms with Crippen LogP contribution in [-0.4, -0.2) is 40.6 Å². The van der Waals surface area contributed by atoms with Gasteiger partial charge in [0.1, 0.15) is 17.5 Å². The SMILES string of the molecule is N#Cc1cc(NC(=O)c2cnn(-c3cc(N)nc4ccccc34)c2C(F)(F)F)cnc1-n1nccn1. The summed E-state index contributed by atoms with van der Waals surface area (Å²) in [4.78, 5) is 22.2. The number of fused-ring (bicyclic) bond motifs is 1. The van der Waals surface area contributed by atoms with Gasteiger partial charge in [-0.25, -0.2) is 14.6 Å². The molecule has 1 amide bonds. The van der Waals surface area contributed by atoms with Crippen molar-refractivity contribution < 1.29 is 18.0 Å². The van der Waals surface area contributed by atoms with Crippen molar-refractivity contribution in [3.63, 3.8) is 0 Å². The van der Waals surface area contributed by atoms with Gasteiger partial charge in [-0.3, -0.25) is 4.79 Å². The van der Waals surface area contributed by atoms with E-state index in [1.54, 1.807) is 24.3 Å². The van der Waals surface area contributed by atoms with E-state index in [1.165, 1.54) is 30.7 Å². The molecule has 0 aliphatic heterocycles. The van der Waals surface area contributed by atoms with Crippen molar-refractivity contribution in [1.29, 1.82) is 5.26 Å². The van der Waals surface area contributed by atoms with E-state index in [9.17, 15) is 23.2 Å². The van der Waals surface area contributed by atoms with Gasteiger partial charge in [0, 0.05) is 11.5 Å². The summed E-state index contributed by atoms with van der Waals surface area (Å²) in [6.45, 7) is 0. The Hall–Kier alpha value is -5.32. The highest BCUT2D eigenvalue weighted by Gasteiger charge is 2.41. The monoisotopic (exact) mass is 490 g/mol. The van der Waals surface area contributed by atoms with Crippen molar-refractivity contribution in [1.82, 2.24) is 34.7 Å². The van der Waals surface area contributed by atoms with Gasteiger partial charge in [0.25, 0.3) is 5.91 Å². The van der Waals surface area contributed by atoms with Gasteiger partial charge >= 0.3 is 6.18 Å². The van der Waals surface area contributed by atoms with Crippen molar-refractivity contribution in [2.24, 2.45) is 0 Å². The lowest BCUT2D eigenvalue weighted by Gasteiger charge is -2.15. The van der Waals surface area contributed by atoms with Gasteiger partial charge in [-0.15, -0.1) is 4.80 Å². The first-order chi connectivity index (χ1) is 17.3. The molecule has 0 aliphatic carbocycles. The molecular formula is C22H13F3N10O. The Morgan fingerprint density at radius 1 is 1.08 bits per heavy atom. The van der Waals surface area contributed by atoms with E-state index < -0.39 is 23.3 Å². The number of benzene rings is 1. The Kier molecular flexibility index (Phi) is 5.29. The molecule has 0 saturated heterocycles. The summed E-state index contributed by atoms with van der Waals surface area (Å²) in [7, 11) is 0. The number of nitrogens with two attached hydrogens (primary N) is 1. The zero-order valence-electron chi connectivity index (χ0n) is 18.0. The molecule has 5 rings (SSSR count). The Bertz CT molecular complexity index is 1650. The predicted octanol–water partition coefficient (Wildman–Crippen LogP) is 3.12. The van der Waals surface area contributed by atoms with E-state index >= 15 is 0 Å². The van der Waals surface area contributed by atoms with Crippen LogP contribution in [0.1, 0.15) is 21.6 Å². The summed E-state index contributed by atoms with van der Waals surface area (Å²) in [5.74, 6) is -1.03. The minimum absolute atomic E-state index is 0.00512. The molecule has 0 aliphatic rings. The van der Waals surface area contributed by atoms with E-state index in [0.29, 0.717) is 15.6 Å². The van der Waals surface area contributed by atoms with E-state index in [-0.39, 0.29) is 28.6 Å². The fraction of sp³-hybridized carbons (Fsp3) is 0.0455. The number of alkyl halides is 3. The summed E-state index contributed by atoms with van der Waals surface area (Å²) >= 11 is 0. The van der Waals surface area contributed by atoms with Crippen molar-refractivity contribution in [3.8, 4) is 17.6 Å². The Morgan fingerprint density at radius 2 is 1.83 bits per heavy atom. The van der Waals surface area contributed by atoms with Crippen LogP contribution in [0, 0.1) is 11.3 Å². The molecule has 0 spiro atoms. The van der Waals surface area contributed by atoms with Gasteiger partial charge < -0.3 is 11.1 Å². The van der Waals surface area contributed by atoms with Crippen LogP contribution < -0.4 is 11.1 Å². The first-order valence-corrected chi connectivity index (χ1v) is 10.2. The predicted molar refractivity (Wildman–Crippen MR) is 120 cm³/mol. The van der Waals surface area contributed by atoms with E-state index in [4.69, 9.17) is 5.73 Å². The number of anilines is 2. The van der Waals surface area contributed by atoms with Crippen LogP contribution in [-0.2, 0) is 6.18 Å². The van der Waals surface area contributed by atoms with E-state index in [0.717, 1.165) is 11.0 Å². The third kappa shape index (κ3) is 3.94. The number of nitrogen functional groups attached to an aromatic ring is 1. The molecule has 14 heteroatoms. The quantitative estimate of drug-likeness (QED) is 0.390. The molecule has 0 atom stereocenters. The molecule has 11 nitrogen and oxygen atoms in total. The molecule has 178 valence electrons. The average Bonchev–Trinajstić information content (AvgIpc) is 3.54. The summed E-state index contributed by atoms with van der Waals surface area (Å²) in [6.07, 6.45) is -0.201. The zero-order chi connectivity index (χ0) is 25.4. The normalized spacial score (nSPS) is 11.4. The highest BCUT2D eigenvalue weighted by molar-refractivity contribution is 6.05. The van der Waals surface area contributed by atoms with Gasteiger partial charge in [-0.1, -0.05) is 18.2 Å². The highest BCUT2D eigenvalue weighted by atomic mass is 19.4. The molecule has 36 heavy (non-hydrogen) atoms. The molecule has 0 bridgehead atoms. The number of pyridine rings is 2. The molecule has 0 radical (unpaired) electrons. The van der Waals surface area contributed by atoms with Gasteiger partial charge in [-0.05, 0) is 12.1 Å². The molecular weight excluding hydrogens is 477 g/mol. The standard InChI is InChI=1S/C22H13F3N10O/c23-22(24,25)19-15(11-31-34(19)17-8-18(27)33-16-4-2-1-3-14(16)17)21(36)32-13-7-12(9-26)20(28-10-13)35-29-5-6-30-35/h1-8,10-11H,(H2,27,33)(H,32,36). The average molecular weight is 490 g/mol. The van der Waals surface area contributed by atoms with Crippen LogP contribution in [0.4, 0.5) is 24.7 Å². The van der Waals surface area contributed by atoms with Crippen LogP contribution in [0.15, 0.2) is 61.2 Å². The number of nitrogens with one attached hydrogen (secondary N) is 1. The lowest BCUT2D eigenvalue weighted by atomic mass is 10.1. The van der Waals surface area contributed by atoms with Gasteiger partial charge in [0.15, 0.2) is 11.5 Å². The van der Waals surface area contributed by atoms with Crippen LogP contribution >= 0.6 is 0 Å². The Labute approximate surface area is 199 Å². The summed E-state index contributed by atoms with van der Waals surface area (Å²) in [5.41, 5.74) is 4.13. The summed E-state index contributed by atoms with van der Waals surface area (Å²) < 4.78 is 43.2. The number of aromatic nitrogens is 7. The third-order valence-corrected chi connectivity index (χ3v) is 5.08. The molecule has 1 aromatic carbocycles. The number of amides is 1. The second kappa shape index (κ2) is 8.47. The highest BCUT2D eigenvalue weighted by Crippen LogP contribution is 2.36. The maximum absolute atomic E-state index is 14.2. The largest absolute Gasteiger partial charge is 0.434 e. The second-order valence-electron chi connectivity index (χ2n) is 7.38. The van der Waals surface area contributed by atoms with Crippen molar-refractivity contribution in [2.45, 2.75) is 6.18 Å². The van der Waals surface area contributed by atoms with E-state index in [2.05, 4.69) is 30.6 Å². The van der Waals surface area contributed by atoms with Crippen molar-refractivity contribution >= 4 is 28.3 Å². The lowest BCUT2D eigenvalue weighted by molar-refractivity contribution is -0.143. The van der Waals surface area contributed by atoms with Gasteiger partial charge in [0.2, 0.25) is 0 Å². The van der Waals surface area contributed by atoms with Crippen molar-refractivity contribution in [3.05, 3.63) is 78.0 Å². The number of nitriles is 1. The summed E-state index contributed by atoms with van der Waals surface area (Å²) in [6, 6.07) is 10.9. The number of hydrogen-bond donors (Lipinski definition) is 2. The third-order valence-electron chi connectivity index (χ3n) is 5.08. The number of nitrogens with zero attached hydrogens (tertiary/aromatic N) is 8. The lowest BCUT2D eigenvalue weighted by Crippen LogP contribution is -2.21. The Balaban J connectivity index is 1.56. The van der Waals surface area contributed by atoms with Gasteiger partial charge in [-0.2, -0.15) is 33.7 Å². The Morgan fingerprint density at radius 3 is 2.56 bits per heavy atom. The number of carbonyl (C=O) groups is 1. The fourth-order valence-corrected chi connectivity index (χ4v) is 3.61. The fourth-order valence-electron chi connectivity index (χ4n) is 3.61. The minimum Gasteiger partial charge on any atom is -0.384 e. The molecule has 3 N–H and O–H groups in total. The topological polar surface area (TPSA) is 153 Å². The smallest absolute Gasteiger partial charge is 0.384 e. The molecule has 5 aromatic rings. The van der Waals surface area contributed by atoms with Crippen LogP contribution in [0.5, 0.6) is 0 Å². The number of hydrogen-bond acceptors (Lipinski definition) is 8.